The van der Waals surface area contributed by atoms with Crippen LogP contribution in [0, 0.1) is 5.82 Å². The lowest BCUT2D eigenvalue weighted by molar-refractivity contribution is 0.627. The third kappa shape index (κ3) is 2.14. The van der Waals surface area contributed by atoms with Crippen molar-refractivity contribution < 1.29 is 4.39 Å². The maximum Gasteiger partial charge on any atom is 0.124 e. The highest BCUT2D eigenvalue weighted by molar-refractivity contribution is 9.15. The van der Waals surface area contributed by atoms with Gasteiger partial charge in [0.2, 0.25) is 0 Å². The van der Waals surface area contributed by atoms with Crippen molar-refractivity contribution in [1.29, 1.82) is 0 Å². The van der Waals surface area contributed by atoms with E-state index in [4.69, 9.17) is 0 Å². The lowest BCUT2D eigenvalue weighted by Gasteiger charge is -2.00. The van der Waals surface area contributed by atoms with Gasteiger partial charge in [-0.3, -0.25) is 0 Å². The molecule has 0 heterocycles. The molecule has 58 valence electrons. The topological polar surface area (TPSA) is 0 Å². The Kier molecular flexibility index (Phi) is 2.84. The molecule has 1 rings (SSSR count). The summed E-state index contributed by atoms with van der Waals surface area (Å²) < 4.78 is 14.0. The standard InChI is InChI=1S/C8H5Br2F/c1-5(9)7-3-2-6(11)4-8(7)10/h2-4H,1H2. The Labute approximate surface area is 81.4 Å². The zero-order valence-electron chi connectivity index (χ0n) is 5.57. The average molecular weight is 280 g/mol. The highest BCUT2D eigenvalue weighted by Gasteiger charge is 2.01. The van der Waals surface area contributed by atoms with Gasteiger partial charge >= 0.3 is 0 Å². The maximum absolute atomic E-state index is 12.5. The van der Waals surface area contributed by atoms with Crippen LogP contribution in [-0.4, -0.2) is 0 Å². The van der Waals surface area contributed by atoms with Gasteiger partial charge < -0.3 is 0 Å². The number of hydrogen-bond acceptors (Lipinski definition) is 0. The smallest absolute Gasteiger partial charge is 0.124 e. The van der Waals surface area contributed by atoms with Gasteiger partial charge in [0.25, 0.3) is 0 Å². The van der Waals surface area contributed by atoms with Crippen molar-refractivity contribution in [3.8, 4) is 0 Å². The predicted octanol–water partition coefficient (Wildman–Crippen LogP) is 3.95. The van der Waals surface area contributed by atoms with Crippen LogP contribution in [0.5, 0.6) is 0 Å². The molecule has 0 aliphatic rings. The van der Waals surface area contributed by atoms with Crippen molar-refractivity contribution >= 4 is 36.3 Å². The molecule has 1 aromatic carbocycles. The average Bonchev–Trinajstić information content (AvgIpc) is 1.85. The summed E-state index contributed by atoms with van der Waals surface area (Å²) in [6.45, 7) is 3.68. The van der Waals surface area contributed by atoms with Crippen molar-refractivity contribution in [3.05, 3.63) is 40.6 Å². The van der Waals surface area contributed by atoms with Crippen molar-refractivity contribution in [3.63, 3.8) is 0 Å². The summed E-state index contributed by atoms with van der Waals surface area (Å²) in [5, 5.41) is 0. The van der Waals surface area contributed by atoms with Gasteiger partial charge in [-0.1, -0.05) is 38.4 Å². The second-order valence-electron chi connectivity index (χ2n) is 2.03. The van der Waals surface area contributed by atoms with Crippen LogP contribution in [0.25, 0.3) is 4.48 Å². The van der Waals surface area contributed by atoms with Crippen LogP contribution in [0.3, 0.4) is 0 Å². The summed E-state index contributed by atoms with van der Waals surface area (Å²) in [5.41, 5.74) is 0.867. The Balaban J connectivity index is 3.20. The molecule has 0 aliphatic carbocycles. The first-order chi connectivity index (χ1) is 5.11. The summed E-state index contributed by atoms with van der Waals surface area (Å²) in [6, 6.07) is 4.46. The molecule has 0 amide bonds. The Hall–Kier alpha value is -0.150. The lowest BCUT2D eigenvalue weighted by Crippen LogP contribution is -1.80. The van der Waals surface area contributed by atoms with Crippen LogP contribution in [0.4, 0.5) is 4.39 Å². The van der Waals surface area contributed by atoms with Gasteiger partial charge in [-0.15, -0.1) is 0 Å². The molecule has 0 aromatic heterocycles. The van der Waals surface area contributed by atoms with Crippen LogP contribution in [-0.2, 0) is 0 Å². The van der Waals surface area contributed by atoms with Gasteiger partial charge in [-0.25, -0.2) is 4.39 Å². The molecule has 0 bridgehead atoms. The van der Waals surface area contributed by atoms with E-state index in [0.29, 0.717) is 4.47 Å². The van der Waals surface area contributed by atoms with Gasteiger partial charge in [0.15, 0.2) is 0 Å². The lowest BCUT2D eigenvalue weighted by atomic mass is 10.2. The minimum absolute atomic E-state index is 0.255. The summed E-state index contributed by atoms with van der Waals surface area (Å²) in [5.74, 6) is -0.255. The first-order valence-electron chi connectivity index (χ1n) is 2.91. The summed E-state index contributed by atoms with van der Waals surface area (Å²) in [7, 11) is 0. The maximum atomic E-state index is 12.5. The van der Waals surface area contributed by atoms with E-state index < -0.39 is 0 Å². The van der Waals surface area contributed by atoms with Gasteiger partial charge in [0.1, 0.15) is 5.82 Å². The van der Waals surface area contributed by atoms with Crippen LogP contribution in [0.15, 0.2) is 29.3 Å². The number of hydrogen-bond donors (Lipinski definition) is 0. The first-order valence-corrected chi connectivity index (χ1v) is 4.49. The molecular formula is C8H5Br2F. The Morgan fingerprint density at radius 1 is 1.45 bits per heavy atom. The van der Waals surface area contributed by atoms with E-state index >= 15 is 0 Å². The van der Waals surface area contributed by atoms with Crippen LogP contribution < -0.4 is 0 Å². The SMILES string of the molecule is C=C(Br)c1ccc(F)cc1Br. The number of halogens is 3. The summed E-state index contributed by atoms with van der Waals surface area (Å²) in [6.07, 6.45) is 0. The van der Waals surface area contributed by atoms with Crippen LogP contribution in [0.1, 0.15) is 5.56 Å². The van der Waals surface area contributed by atoms with Crippen molar-refractivity contribution in [2.45, 2.75) is 0 Å². The minimum Gasteiger partial charge on any atom is -0.207 e. The fraction of sp³-hybridized carbons (Fsp3) is 0. The molecule has 0 aliphatic heterocycles. The molecule has 1 aromatic rings. The largest absolute Gasteiger partial charge is 0.207 e. The number of rotatable bonds is 1. The molecule has 0 saturated heterocycles. The van der Waals surface area contributed by atoms with Crippen LogP contribution in [0.2, 0.25) is 0 Å². The monoisotopic (exact) mass is 278 g/mol. The molecule has 0 N–H and O–H groups in total. The molecular weight excluding hydrogens is 275 g/mol. The third-order valence-electron chi connectivity index (χ3n) is 1.22. The van der Waals surface area contributed by atoms with E-state index in [1.54, 1.807) is 6.07 Å². The second kappa shape index (κ2) is 3.50. The van der Waals surface area contributed by atoms with Crippen molar-refractivity contribution in [2.75, 3.05) is 0 Å². The molecule has 0 nitrogen and oxygen atoms in total. The molecule has 0 spiro atoms. The molecule has 0 saturated carbocycles. The Morgan fingerprint density at radius 3 is 2.55 bits per heavy atom. The third-order valence-corrected chi connectivity index (χ3v) is 2.31. The summed E-state index contributed by atoms with van der Waals surface area (Å²) in [4.78, 5) is 0. The quantitative estimate of drug-likeness (QED) is 0.730. The molecule has 0 radical (unpaired) electrons. The van der Waals surface area contributed by atoms with E-state index in [0.717, 1.165) is 10.0 Å². The van der Waals surface area contributed by atoms with E-state index in [2.05, 4.69) is 38.4 Å². The van der Waals surface area contributed by atoms with E-state index in [1.807, 2.05) is 0 Å². The number of benzene rings is 1. The highest BCUT2D eigenvalue weighted by atomic mass is 79.9. The van der Waals surface area contributed by atoms with Gasteiger partial charge in [-0.05, 0) is 18.2 Å². The summed E-state index contributed by atoms with van der Waals surface area (Å²) >= 11 is 6.43. The van der Waals surface area contributed by atoms with E-state index in [9.17, 15) is 4.39 Å². The van der Waals surface area contributed by atoms with E-state index in [-0.39, 0.29) is 5.82 Å². The van der Waals surface area contributed by atoms with Gasteiger partial charge in [-0.2, -0.15) is 0 Å². The second-order valence-corrected chi connectivity index (χ2v) is 3.84. The zero-order valence-corrected chi connectivity index (χ0v) is 8.75. The molecule has 3 heteroatoms. The molecule has 0 fully saturated rings. The van der Waals surface area contributed by atoms with Crippen molar-refractivity contribution in [2.24, 2.45) is 0 Å². The highest BCUT2D eigenvalue weighted by Crippen LogP contribution is 2.27. The van der Waals surface area contributed by atoms with Crippen molar-refractivity contribution in [1.82, 2.24) is 0 Å². The zero-order chi connectivity index (χ0) is 8.43. The molecule has 11 heavy (non-hydrogen) atoms. The van der Waals surface area contributed by atoms with E-state index in [1.165, 1.54) is 12.1 Å². The molecule has 0 atom stereocenters. The molecule has 0 unspecified atom stereocenters. The minimum atomic E-state index is -0.255. The van der Waals surface area contributed by atoms with Gasteiger partial charge in [0.05, 0.1) is 0 Å². The Bertz CT molecular complexity index is 294. The predicted molar refractivity (Wildman–Crippen MR) is 52.1 cm³/mol. The normalized spacial score (nSPS) is 9.73. The fourth-order valence-corrected chi connectivity index (χ4v) is 1.91. The Morgan fingerprint density at radius 2 is 2.09 bits per heavy atom. The van der Waals surface area contributed by atoms with Crippen LogP contribution >= 0.6 is 31.9 Å². The fourth-order valence-electron chi connectivity index (χ4n) is 0.709. The first kappa shape index (κ1) is 8.94. The van der Waals surface area contributed by atoms with Gasteiger partial charge in [0, 0.05) is 14.5 Å².